The minimum absolute atomic E-state index is 0.682. The third-order valence-electron chi connectivity index (χ3n) is 3.63. The molecule has 2 aromatic carbocycles. The SMILES string of the molecule is CN(C)CCCN1c2ccccc2Sc2c(Cl)cc(Cl)cc21. The highest BCUT2D eigenvalue weighted by Crippen LogP contribution is 2.51. The molecule has 0 aromatic heterocycles. The number of hydrogen-bond donors (Lipinski definition) is 0. The van der Waals surface area contributed by atoms with Gasteiger partial charge in [-0.1, -0.05) is 47.1 Å². The Bertz CT molecular complexity index is 688. The minimum Gasteiger partial charge on any atom is -0.340 e. The quantitative estimate of drug-likeness (QED) is 0.712. The predicted octanol–water partition coefficient (Wildman–Crippen LogP) is 5.55. The van der Waals surface area contributed by atoms with Crippen molar-refractivity contribution in [3.8, 4) is 0 Å². The van der Waals surface area contributed by atoms with Crippen LogP contribution in [0.4, 0.5) is 11.4 Å². The standard InChI is InChI=1S/C17H18Cl2N2S/c1-20(2)8-5-9-21-14-6-3-4-7-16(14)22-17-13(19)10-12(18)11-15(17)21/h3-4,6-7,10-11H,5,8-9H2,1-2H3. The Morgan fingerprint density at radius 2 is 1.86 bits per heavy atom. The third-order valence-corrected chi connectivity index (χ3v) is 5.46. The zero-order valence-electron chi connectivity index (χ0n) is 12.6. The van der Waals surface area contributed by atoms with E-state index in [1.165, 1.54) is 10.6 Å². The summed E-state index contributed by atoms with van der Waals surface area (Å²) in [5.74, 6) is 0. The Hall–Kier alpha value is -0.870. The first-order valence-corrected chi connectivity index (χ1v) is 8.81. The fourth-order valence-electron chi connectivity index (χ4n) is 2.64. The smallest absolute Gasteiger partial charge is 0.0583 e. The van der Waals surface area contributed by atoms with Crippen LogP contribution in [-0.2, 0) is 0 Å². The van der Waals surface area contributed by atoms with Gasteiger partial charge < -0.3 is 9.80 Å². The summed E-state index contributed by atoms with van der Waals surface area (Å²) in [6.07, 6.45) is 1.08. The van der Waals surface area contributed by atoms with Gasteiger partial charge in [-0.25, -0.2) is 0 Å². The first-order valence-electron chi connectivity index (χ1n) is 7.24. The molecule has 1 heterocycles. The maximum atomic E-state index is 6.42. The van der Waals surface area contributed by atoms with Crippen molar-refractivity contribution in [3.63, 3.8) is 0 Å². The number of para-hydroxylation sites is 1. The Kier molecular flexibility index (Phi) is 4.88. The van der Waals surface area contributed by atoms with Crippen molar-refractivity contribution >= 4 is 46.3 Å². The van der Waals surface area contributed by atoms with Crippen molar-refractivity contribution in [3.05, 3.63) is 46.4 Å². The van der Waals surface area contributed by atoms with Gasteiger partial charge in [0.1, 0.15) is 0 Å². The van der Waals surface area contributed by atoms with E-state index in [1.807, 2.05) is 12.1 Å². The Morgan fingerprint density at radius 1 is 1.09 bits per heavy atom. The van der Waals surface area contributed by atoms with Crippen molar-refractivity contribution < 1.29 is 0 Å². The second-order valence-electron chi connectivity index (χ2n) is 5.61. The lowest BCUT2D eigenvalue weighted by Crippen LogP contribution is -2.25. The van der Waals surface area contributed by atoms with Gasteiger partial charge in [0.2, 0.25) is 0 Å². The summed E-state index contributed by atoms with van der Waals surface area (Å²) in [5.41, 5.74) is 2.34. The first kappa shape index (κ1) is 16.0. The molecule has 0 atom stereocenters. The van der Waals surface area contributed by atoms with Crippen LogP contribution >= 0.6 is 35.0 Å². The van der Waals surface area contributed by atoms with E-state index in [1.54, 1.807) is 11.8 Å². The molecule has 0 saturated heterocycles. The van der Waals surface area contributed by atoms with Crippen LogP contribution in [0.5, 0.6) is 0 Å². The number of rotatable bonds is 4. The van der Waals surface area contributed by atoms with Crippen molar-refractivity contribution in [1.82, 2.24) is 4.90 Å². The van der Waals surface area contributed by atoms with Gasteiger partial charge in [0.05, 0.1) is 21.3 Å². The van der Waals surface area contributed by atoms with Gasteiger partial charge >= 0.3 is 0 Å². The molecule has 0 aliphatic carbocycles. The highest BCUT2D eigenvalue weighted by molar-refractivity contribution is 7.99. The summed E-state index contributed by atoms with van der Waals surface area (Å²) in [6.45, 7) is 1.99. The van der Waals surface area contributed by atoms with Crippen LogP contribution < -0.4 is 4.90 Å². The second-order valence-corrected chi connectivity index (χ2v) is 7.51. The van der Waals surface area contributed by atoms with Gasteiger partial charge in [-0.3, -0.25) is 0 Å². The number of hydrogen-bond acceptors (Lipinski definition) is 3. The van der Waals surface area contributed by atoms with E-state index in [-0.39, 0.29) is 0 Å². The zero-order valence-corrected chi connectivity index (χ0v) is 15.0. The molecule has 0 amide bonds. The lowest BCUT2D eigenvalue weighted by Gasteiger charge is -2.33. The van der Waals surface area contributed by atoms with Gasteiger partial charge in [0, 0.05) is 16.5 Å². The van der Waals surface area contributed by atoms with Gasteiger partial charge in [-0.15, -0.1) is 0 Å². The molecule has 0 spiro atoms. The number of anilines is 2. The van der Waals surface area contributed by atoms with Crippen LogP contribution in [0.25, 0.3) is 0 Å². The highest BCUT2D eigenvalue weighted by Gasteiger charge is 2.25. The lowest BCUT2D eigenvalue weighted by atomic mass is 10.2. The molecular weight excluding hydrogens is 335 g/mol. The molecule has 0 saturated carbocycles. The first-order chi connectivity index (χ1) is 10.6. The average Bonchev–Trinajstić information content (AvgIpc) is 2.47. The maximum absolute atomic E-state index is 6.42. The molecule has 1 aliphatic heterocycles. The number of benzene rings is 2. The van der Waals surface area contributed by atoms with E-state index < -0.39 is 0 Å². The van der Waals surface area contributed by atoms with Gasteiger partial charge in [0.15, 0.2) is 0 Å². The fraction of sp³-hybridized carbons (Fsp3) is 0.294. The van der Waals surface area contributed by atoms with Crippen LogP contribution in [0, 0.1) is 0 Å². The number of halogens is 2. The van der Waals surface area contributed by atoms with E-state index in [0.29, 0.717) is 5.02 Å². The molecule has 0 unspecified atom stereocenters. The van der Waals surface area contributed by atoms with E-state index in [2.05, 4.69) is 48.2 Å². The van der Waals surface area contributed by atoms with Gasteiger partial charge in [-0.2, -0.15) is 0 Å². The molecular formula is C17H18Cl2N2S. The van der Waals surface area contributed by atoms with Crippen molar-refractivity contribution in [2.75, 3.05) is 32.1 Å². The van der Waals surface area contributed by atoms with E-state index in [0.717, 1.165) is 35.1 Å². The second kappa shape index (κ2) is 6.71. The molecule has 5 heteroatoms. The largest absolute Gasteiger partial charge is 0.340 e. The number of fused-ring (bicyclic) bond motifs is 2. The molecule has 0 N–H and O–H groups in total. The van der Waals surface area contributed by atoms with Crippen LogP contribution in [0.3, 0.4) is 0 Å². The monoisotopic (exact) mass is 352 g/mol. The maximum Gasteiger partial charge on any atom is 0.0583 e. The highest BCUT2D eigenvalue weighted by atomic mass is 35.5. The van der Waals surface area contributed by atoms with E-state index in [4.69, 9.17) is 23.2 Å². The van der Waals surface area contributed by atoms with Crippen LogP contribution in [-0.4, -0.2) is 32.1 Å². The van der Waals surface area contributed by atoms with Crippen molar-refractivity contribution in [1.29, 1.82) is 0 Å². The van der Waals surface area contributed by atoms with Gasteiger partial charge in [-0.05, 0) is 51.3 Å². The number of nitrogens with zero attached hydrogens (tertiary/aromatic N) is 2. The van der Waals surface area contributed by atoms with Crippen LogP contribution in [0.2, 0.25) is 10.0 Å². The molecule has 22 heavy (non-hydrogen) atoms. The summed E-state index contributed by atoms with van der Waals surface area (Å²) >= 11 is 14.4. The molecule has 2 aromatic rings. The van der Waals surface area contributed by atoms with Crippen molar-refractivity contribution in [2.45, 2.75) is 16.2 Å². The minimum atomic E-state index is 0.682. The van der Waals surface area contributed by atoms with Gasteiger partial charge in [0.25, 0.3) is 0 Å². The molecule has 3 rings (SSSR count). The summed E-state index contributed by atoms with van der Waals surface area (Å²) in [4.78, 5) is 6.87. The molecule has 2 nitrogen and oxygen atoms in total. The van der Waals surface area contributed by atoms with E-state index >= 15 is 0 Å². The summed E-state index contributed by atoms with van der Waals surface area (Å²) in [6, 6.07) is 12.3. The Labute approximate surface area is 146 Å². The summed E-state index contributed by atoms with van der Waals surface area (Å²) in [7, 11) is 4.20. The fourth-order valence-corrected chi connectivity index (χ4v) is 4.32. The molecule has 0 bridgehead atoms. The van der Waals surface area contributed by atoms with E-state index in [9.17, 15) is 0 Å². The Morgan fingerprint density at radius 3 is 2.64 bits per heavy atom. The van der Waals surface area contributed by atoms with Crippen LogP contribution in [0.1, 0.15) is 6.42 Å². The normalized spacial score (nSPS) is 13.2. The zero-order chi connectivity index (χ0) is 15.7. The lowest BCUT2D eigenvalue weighted by molar-refractivity contribution is 0.402. The average molecular weight is 353 g/mol. The van der Waals surface area contributed by atoms with Crippen molar-refractivity contribution in [2.24, 2.45) is 0 Å². The molecule has 0 radical (unpaired) electrons. The Balaban J connectivity index is 2.00. The summed E-state index contributed by atoms with van der Waals surface area (Å²) in [5, 5.41) is 1.40. The molecule has 0 fully saturated rings. The summed E-state index contributed by atoms with van der Waals surface area (Å²) < 4.78 is 0. The topological polar surface area (TPSA) is 6.48 Å². The predicted molar refractivity (Wildman–Crippen MR) is 97.2 cm³/mol. The molecule has 1 aliphatic rings. The third kappa shape index (κ3) is 3.23. The molecule has 116 valence electrons. The van der Waals surface area contributed by atoms with Crippen LogP contribution in [0.15, 0.2) is 46.2 Å².